The van der Waals surface area contributed by atoms with Crippen molar-refractivity contribution >= 4 is 15.9 Å². The lowest BCUT2D eigenvalue weighted by Gasteiger charge is -2.06. The van der Waals surface area contributed by atoms with Gasteiger partial charge in [-0.1, -0.05) is 30.3 Å². The Hall–Kier alpha value is -1.46. The molecule has 2 aromatic rings. The molecule has 0 aliphatic heterocycles. The molecular weight excluding hydrogens is 296 g/mol. The van der Waals surface area contributed by atoms with Crippen LogP contribution in [-0.4, -0.2) is 16.6 Å². The number of benzene rings is 1. The van der Waals surface area contributed by atoms with E-state index in [1.54, 1.807) is 0 Å². The van der Waals surface area contributed by atoms with Crippen molar-refractivity contribution < 1.29 is 4.74 Å². The van der Waals surface area contributed by atoms with Crippen LogP contribution in [0.15, 0.2) is 39.6 Å². The van der Waals surface area contributed by atoms with Gasteiger partial charge in [0.15, 0.2) is 0 Å². The van der Waals surface area contributed by atoms with Crippen molar-refractivity contribution in [2.75, 3.05) is 6.61 Å². The number of H-pyrrole nitrogens is 1. The lowest BCUT2D eigenvalue weighted by atomic mass is 10.1. The molecule has 5 heteroatoms. The molecule has 2 rings (SSSR count). The van der Waals surface area contributed by atoms with Crippen LogP contribution in [0.5, 0.6) is 0 Å². The number of nitrogens with one attached hydrogen (secondary N) is 1. The molecule has 0 bridgehead atoms. The number of ether oxygens (including phenoxy) is 1. The van der Waals surface area contributed by atoms with Crippen molar-refractivity contribution in [2.45, 2.75) is 13.5 Å². The quantitative estimate of drug-likeness (QED) is 0.945. The third kappa shape index (κ3) is 2.86. The summed E-state index contributed by atoms with van der Waals surface area (Å²) in [6.45, 7) is 2.79. The normalized spacial score (nSPS) is 10.6. The Balaban J connectivity index is 2.46. The van der Waals surface area contributed by atoms with Gasteiger partial charge in [0.1, 0.15) is 16.9 Å². The van der Waals surface area contributed by atoms with E-state index in [4.69, 9.17) is 4.74 Å². The zero-order valence-corrected chi connectivity index (χ0v) is 11.5. The minimum atomic E-state index is -0.196. The summed E-state index contributed by atoms with van der Waals surface area (Å²) in [6.07, 6.45) is 0. The number of aromatic amines is 1. The molecule has 1 aromatic carbocycles. The van der Waals surface area contributed by atoms with E-state index in [1.165, 1.54) is 0 Å². The molecule has 0 fully saturated rings. The van der Waals surface area contributed by atoms with Crippen LogP contribution in [-0.2, 0) is 11.3 Å². The molecule has 0 saturated carbocycles. The molecule has 0 aliphatic carbocycles. The Bertz CT molecular complexity index is 581. The standard InChI is InChI=1S/C13H13BrN2O2/c1-2-18-8-10-15-12(11(14)13(17)16-10)9-6-4-3-5-7-9/h3-7H,2,8H2,1H3,(H,15,16,17). The van der Waals surface area contributed by atoms with E-state index < -0.39 is 0 Å². The Morgan fingerprint density at radius 3 is 2.72 bits per heavy atom. The minimum absolute atomic E-state index is 0.196. The second kappa shape index (κ2) is 5.93. The zero-order valence-electron chi connectivity index (χ0n) is 9.94. The molecule has 1 aromatic heterocycles. The van der Waals surface area contributed by atoms with Gasteiger partial charge >= 0.3 is 0 Å². The summed E-state index contributed by atoms with van der Waals surface area (Å²) in [6, 6.07) is 9.57. The highest BCUT2D eigenvalue weighted by Gasteiger charge is 2.10. The van der Waals surface area contributed by atoms with Gasteiger partial charge in [0.25, 0.3) is 5.56 Å². The highest BCUT2D eigenvalue weighted by molar-refractivity contribution is 9.10. The van der Waals surface area contributed by atoms with Gasteiger partial charge in [-0.15, -0.1) is 0 Å². The number of aromatic nitrogens is 2. The average molecular weight is 309 g/mol. The van der Waals surface area contributed by atoms with Gasteiger partial charge in [-0.05, 0) is 22.9 Å². The third-order valence-corrected chi connectivity index (χ3v) is 3.14. The number of rotatable bonds is 4. The summed E-state index contributed by atoms with van der Waals surface area (Å²) in [7, 11) is 0. The van der Waals surface area contributed by atoms with Crippen LogP contribution >= 0.6 is 15.9 Å². The predicted molar refractivity (Wildman–Crippen MR) is 73.3 cm³/mol. The largest absolute Gasteiger partial charge is 0.374 e. The van der Waals surface area contributed by atoms with Gasteiger partial charge in [-0.3, -0.25) is 4.79 Å². The Morgan fingerprint density at radius 2 is 2.06 bits per heavy atom. The molecule has 0 radical (unpaired) electrons. The molecule has 0 amide bonds. The summed E-state index contributed by atoms with van der Waals surface area (Å²) in [5.74, 6) is 0.531. The van der Waals surface area contributed by atoms with Crippen molar-refractivity contribution in [1.82, 2.24) is 9.97 Å². The van der Waals surface area contributed by atoms with E-state index in [0.29, 0.717) is 29.2 Å². The fourth-order valence-electron chi connectivity index (χ4n) is 1.56. The van der Waals surface area contributed by atoms with Gasteiger partial charge in [0, 0.05) is 12.2 Å². The lowest BCUT2D eigenvalue weighted by molar-refractivity contribution is 0.128. The Kier molecular flexibility index (Phi) is 4.28. The molecule has 94 valence electrons. The van der Waals surface area contributed by atoms with Crippen LogP contribution in [0.3, 0.4) is 0 Å². The molecule has 0 saturated heterocycles. The fourth-order valence-corrected chi connectivity index (χ4v) is 1.98. The second-order valence-electron chi connectivity index (χ2n) is 3.68. The van der Waals surface area contributed by atoms with E-state index in [9.17, 15) is 4.79 Å². The number of hydrogen-bond donors (Lipinski definition) is 1. The highest BCUT2D eigenvalue weighted by atomic mass is 79.9. The number of nitrogens with zero attached hydrogens (tertiary/aromatic N) is 1. The van der Waals surface area contributed by atoms with Crippen molar-refractivity contribution in [3.05, 3.63) is 51.0 Å². The van der Waals surface area contributed by atoms with Crippen LogP contribution < -0.4 is 5.56 Å². The number of hydrogen-bond acceptors (Lipinski definition) is 3. The smallest absolute Gasteiger partial charge is 0.265 e. The molecular formula is C13H13BrN2O2. The molecule has 0 unspecified atom stereocenters. The average Bonchev–Trinajstić information content (AvgIpc) is 2.41. The molecule has 4 nitrogen and oxygen atoms in total. The molecule has 0 aliphatic rings. The lowest BCUT2D eigenvalue weighted by Crippen LogP contribution is -2.14. The summed E-state index contributed by atoms with van der Waals surface area (Å²) in [5, 5.41) is 0. The molecule has 0 spiro atoms. The SMILES string of the molecule is CCOCc1nc(-c2ccccc2)c(Br)c(=O)[nH]1. The van der Waals surface area contributed by atoms with Crippen LogP contribution in [0.4, 0.5) is 0 Å². The van der Waals surface area contributed by atoms with Gasteiger partial charge in [0.2, 0.25) is 0 Å². The first-order valence-electron chi connectivity index (χ1n) is 5.64. The van der Waals surface area contributed by atoms with Gasteiger partial charge in [0.05, 0.1) is 5.69 Å². The summed E-state index contributed by atoms with van der Waals surface area (Å²) < 4.78 is 5.70. The van der Waals surface area contributed by atoms with E-state index in [1.807, 2.05) is 37.3 Å². The van der Waals surface area contributed by atoms with E-state index >= 15 is 0 Å². The summed E-state index contributed by atoms with van der Waals surface area (Å²) >= 11 is 3.27. The van der Waals surface area contributed by atoms with Crippen LogP contribution in [0.25, 0.3) is 11.3 Å². The Labute approximate surface area is 113 Å². The van der Waals surface area contributed by atoms with E-state index in [0.717, 1.165) is 5.56 Å². The molecule has 1 N–H and O–H groups in total. The van der Waals surface area contributed by atoms with Gasteiger partial charge in [-0.2, -0.15) is 0 Å². The summed E-state index contributed by atoms with van der Waals surface area (Å²) in [4.78, 5) is 18.9. The third-order valence-electron chi connectivity index (χ3n) is 2.40. The van der Waals surface area contributed by atoms with Crippen molar-refractivity contribution in [3.63, 3.8) is 0 Å². The van der Waals surface area contributed by atoms with Crippen molar-refractivity contribution in [3.8, 4) is 11.3 Å². The van der Waals surface area contributed by atoms with E-state index in [-0.39, 0.29) is 5.56 Å². The Morgan fingerprint density at radius 1 is 1.33 bits per heavy atom. The fraction of sp³-hybridized carbons (Fsp3) is 0.231. The van der Waals surface area contributed by atoms with Crippen molar-refractivity contribution in [1.29, 1.82) is 0 Å². The van der Waals surface area contributed by atoms with Gasteiger partial charge < -0.3 is 9.72 Å². The monoisotopic (exact) mass is 308 g/mol. The predicted octanol–water partition coefficient (Wildman–Crippen LogP) is 2.74. The molecule has 18 heavy (non-hydrogen) atoms. The van der Waals surface area contributed by atoms with Crippen LogP contribution in [0.1, 0.15) is 12.7 Å². The zero-order chi connectivity index (χ0) is 13.0. The first-order valence-corrected chi connectivity index (χ1v) is 6.43. The highest BCUT2D eigenvalue weighted by Crippen LogP contribution is 2.22. The topological polar surface area (TPSA) is 55.0 Å². The maximum absolute atomic E-state index is 11.8. The first-order chi connectivity index (χ1) is 8.72. The summed E-state index contributed by atoms with van der Waals surface area (Å²) in [5.41, 5.74) is 1.33. The minimum Gasteiger partial charge on any atom is -0.374 e. The maximum Gasteiger partial charge on any atom is 0.265 e. The molecule has 0 atom stereocenters. The van der Waals surface area contributed by atoms with Crippen LogP contribution in [0.2, 0.25) is 0 Å². The number of halogens is 1. The second-order valence-corrected chi connectivity index (χ2v) is 4.47. The first kappa shape index (κ1) is 13.0. The molecule has 1 heterocycles. The van der Waals surface area contributed by atoms with Crippen LogP contribution in [0, 0.1) is 0 Å². The van der Waals surface area contributed by atoms with Gasteiger partial charge in [-0.25, -0.2) is 4.98 Å². The van der Waals surface area contributed by atoms with E-state index in [2.05, 4.69) is 25.9 Å². The van der Waals surface area contributed by atoms with Crippen molar-refractivity contribution in [2.24, 2.45) is 0 Å². The maximum atomic E-state index is 11.8.